The second-order valence-corrected chi connectivity index (χ2v) is 5.76. The number of hydrogen-bond donors (Lipinski definition) is 2. The maximum atomic E-state index is 12.9. The maximum Gasteiger partial charge on any atom is 0.311 e. The highest BCUT2D eigenvalue weighted by Gasteiger charge is 2.40. The van der Waals surface area contributed by atoms with E-state index >= 15 is 0 Å². The van der Waals surface area contributed by atoms with Crippen molar-refractivity contribution in [3.8, 4) is 0 Å². The normalized spacial score (nSPS) is 19.4. The first-order valence-electron chi connectivity index (χ1n) is 7.30. The van der Waals surface area contributed by atoms with E-state index in [9.17, 15) is 14.0 Å². The molecule has 0 saturated heterocycles. The molecule has 23 heavy (non-hydrogen) atoms. The molecule has 6 heteroatoms. The van der Waals surface area contributed by atoms with Crippen molar-refractivity contribution in [2.24, 2.45) is 0 Å². The molecule has 1 aromatic heterocycles. The molecule has 5 nitrogen and oxygen atoms in total. The van der Waals surface area contributed by atoms with Gasteiger partial charge in [0.25, 0.3) is 5.91 Å². The van der Waals surface area contributed by atoms with Gasteiger partial charge in [-0.15, -0.1) is 0 Å². The van der Waals surface area contributed by atoms with Gasteiger partial charge in [0.1, 0.15) is 18.0 Å². The molecule has 0 spiro atoms. The molecule has 0 bridgehead atoms. The first-order valence-corrected chi connectivity index (χ1v) is 7.30. The van der Waals surface area contributed by atoms with Gasteiger partial charge >= 0.3 is 5.97 Å². The van der Waals surface area contributed by atoms with Crippen molar-refractivity contribution in [3.05, 3.63) is 58.8 Å². The van der Waals surface area contributed by atoms with Gasteiger partial charge < -0.3 is 14.8 Å². The molecule has 120 valence electrons. The quantitative estimate of drug-likeness (QED) is 0.888. The first-order chi connectivity index (χ1) is 11.0. The van der Waals surface area contributed by atoms with Gasteiger partial charge in [0.05, 0.1) is 11.8 Å². The number of aryl methyl sites for hydroxylation is 1. The molecule has 0 radical (unpaired) electrons. The Morgan fingerprint density at radius 3 is 2.70 bits per heavy atom. The number of carbonyl (C=O) groups is 2. The zero-order valence-electron chi connectivity index (χ0n) is 12.5. The van der Waals surface area contributed by atoms with Crippen molar-refractivity contribution >= 4 is 11.9 Å². The number of rotatable bonds is 5. The topological polar surface area (TPSA) is 79.5 Å². The molecule has 1 aromatic carbocycles. The number of halogens is 1. The third kappa shape index (κ3) is 3.26. The van der Waals surface area contributed by atoms with Crippen molar-refractivity contribution < 1.29 is 23.5 Å². The van der Waals surface area contributed by atoms with Crippen molar-refractivity contribution in [1.29, 1.82) is 0 Å². The first kappa shape index (κ1) is 15.3. The molecule has 3 rings (SSSR count). The van der Waals surface area contributed by atoms with Crippen LogP contribution in [0.1, 0.15) is 39.6 Å². The lowest BCUT2D eigenvalue weighted by Crippen LogP contribution is -2.28. The number of amides is 1. The predicted octanol–water partition coefficient (Wildman–Crippen LogP) is 2.64. The lowest BCUT2D eigenvalue weighted by molar-refractivity contribution is -0.136. The summed E-state index contributed by atoms with van der Waals surface area (Å²) in [4.78, 5) is 23.2. The largest absolute Gasteiger partial charge is 0.481 e. The summed E-state index contributed by atoms with van der Waals surface area (Å²) in [5.41, 5.74) is 1.88. The van der Waals surface area contributed by atoms with E-state index in [-0.39, 0.29) is 41.4 Å². The molecule has 0 aliphatic heterocycles. The fourth-order valence-corrected chi connectivity index (χ4v) is 2.74. The van der Waals surface area contributed by atoms with E-state index in [0.29, 0.717) is 5.56 Å². The Hall–Kier alpha value is -2.63. The van der Waals surface area contributed by atoms with Gasteiger partial charge in [-0.3, -0.25) is 9.59 Å². The van der Waals surface area contributed by atoms with Crippen LogP contribution in [0.15, 0.2) is 34.9 Å². The Kier molecular flexibility index (Phi) is 3.90. The molecule has 1 aliphatic rings. The minimum absolute atomic E-state index is 0.0278. The van der Waals surface area contributed by atoms with E-state index in [2.05, 4.69) is 5.32 Å². The number of carbonyl (C=O) groups excluding carboxylic acids is 1. The summed E-state index contributed by atoms with van der Waals surface area (Å²) in [7, 11) is 0. The molecule has 1 fully saturated rings. The van der Waals surface area contributed by atoms with Crippen LogP contribution in [0.25, 0.3) is 0 Å². The Morgan fingerprint density at radius 2 is 2.04 bits per heavy atom. The van der Waals surface area contributed by atoms with Crippen molar-refractivity contribution in [2.75, 3.05) is 0 Å². The molecule has 1 saturated carbocycles. The van der Waals surface area contributed by atoms with E-state index < -0.39 is 5.97 Å². The highest BCUT2D eigenvalue weighted by molar-refractivity contribution is 5.97. The summed E-state index contributed by atoms with van der Waals surface area (Å²) < 4.78 is 18.1. The van der Waals surface area contributed by atoms with Gasteiger partial charge in [0.15, 0.2) is 0 Å². The highest BCUT2D eigenvalue weighted by Crippen LogP contribution is 2.41. The minimum Gasteiger partial charge on any atom is -0.481 e. The van der Waals surface area contributed by atoms with Crippen molar-refractivity contribution in [3.63, 3.8) is 0 Å². The maximum absolute atomic E-state index is 12.9. The Balaban J connectivity index is 1.68. The summed E-state index contributed by atoms with van der Waals surface area (Å²) in [6, 6.07) is 6.20. The number of benzene rings is 1. The number of carboxylic acids is 1. The van der Waals surface area contributed by atoms with Crippen LogP contribution in [0.4, 0.5) is 4.39 Å². The SMILES string of the molecule is Cc1coc(CC(=O)O)c1C(=O)N[C@@H]1C[C@H]1c1ccc(F)cc1. The number of nitrogens with one attached hydrogen (secondary N) is 1. The standard InChI is InChI=1S/C17H16FNO4/c1-9-8-23-14(7-15(20)21)16(9)17(22)19-13-6-12(13)10-2-4-11(18)5-3-10/h2-5,8,12-13H,6-7H2,1H3,(H,19,22)(H,20,21)/t12-,13+/m0/s1. The molecule has 1 heterocycles. The third-order valence-electron chi connectivity index (χ3n) is 4.00. The lowest BCUT2D eigenvalue weighted by atomic mass is 10.1. The molecular formula is C17H16FNO4. The third-order valence-corrected chi connectivity index (χ3v) is 4.00. The van der Waals surface area contributed by atoms with Crippen LogP contribution in [-0.4, -0.2) is 23.0 Å². The number of aliphatic carboxylic acids is 1. The van der Waals surface area contributed by atoms with Crippen LogP contribution in [0.5, 0.6) is 0 Å². The molecule has 2 N–H and O–H groups in total. The number of hydrogen-bond acceptors (Lipinski definition) is 3. The molecule has 0 unspecified atom stereocenters. The molecule has 1 aliphatic carbocycles. The summed E-state index contributed by atoms with van der Waals surface area (Å²) in [6.07, 6.45) is 1.84. The summed E-state index contributed by atoms with van der Waals surface area (Å²) in [5.74, 6) is -1.35. The second kappa shape index (κ2) is 5.87. The van der Waals surface area contributed by atoms with Crippen LogP contribution < -0.4 is 5.32 Å². The fraction of sp³-hybridized carbons (Fsp3) is 0.294. The van der Waals surface area contributed by atoms with Crippen LogP contribution in [-0.2, 0) is 11.2 Å². The minimum atomic E-state index is -1.05. The predicted molar refractivity (Wildman–Crippen MR) is 79.8 cm³/mol. The van der Waals surface area contributed by atoms with Crippen molar-refractivity contribution in [1.82, 2.24) is 5.32 Å². The summed E-state index contributed by atoms with van der Waals surface area (Å²) in [6.45, 7) is 1.70. The van der Waals surface area contributed by atoms with Crippen LogP contribution >= 0.6 is 0 Å². The second-order valence-electron chi connectivity index (χ2n) is 5.76. The highest BCUT2D eigenvalue weighted by atomic mass is 19.1. The average molecular weight is 317 g/mol. The Labute approximate surface area is 132 Å². The van der Waals surface area contributed by atoms with Gasteiger partial charge in [-0.25, -0.2) is 4.39 Å². The molecule has 1 amide bonds. The van der Waals surface area contributed by atoms with Crippen LogP contribution in [0.3, 0.4) is 0 Å². The Bertz CT molecular complexity index is 750. The van der Waals surface area contributed by atoms with Crippen LogP contribution in [0, 0.1) is 12.7 Å². The van der Waals surface area contributed by atoms with Gasteiger partial charge in [-0.1, -0.05) is 12.1 Å². The van der Waals surface area contributed by atoms with Gasteiger partial charge in [-0.2, -0.15) is 0 Å². The fourth-order valence-electron chi connectivity index (χ4n) is 2.74. The number of furan rings is 1. The molecule has 2 atom stereocenters. The zero-order chi connectivity index (χ0) is 16.6. The molecule has 2 aromatic rings. The van der Waals surface area contributed by atoms with Gasteiger partial charge in [0.2, 0.25) is 0 Å². The average Bonchev–Trinajstić information content (AvgIpc) is 3.14. The summed E-state index contributed by atoms with van der Waals surface area (Å²) in [5, 5.41) is 11.8. The van der Waals surface area contributed by atoms with Crippen molar-refractivity contribution in [2.45, 2.75) is 31.7 Å². The number of carboxylic acid groups (broad SMARTS) is 1. The smallest absolute Gasteiger partial charge is 0.311 e. The molecular weight excluding hydrogens is 301 g/mol. The van der Waals surface area contributed by atoms with Gasteiger partial charge in [0, 0.05) is 17.5 Å². The summed E-state index contributed by atoms with van der Waals surface area (Å²) >= 11 is 0. The monoisotopic (exact) mass is 317 g/mol. The van der Waals surface area contributed by atoms with E-state index in [0.717, 1.165) is 12.0 Å². The van der Waals surface area contributed by atoms with Gasteiger partial charge in [-0.05, 0) is 31.0 Å². The van der Waals surface area contributed by atoms with E-state index in [1.54, 1.807) is 19.1 Å². The van der Waals surface area contributed by atoms with Crippen LogP contribution in [0.2, 0.25) is 0 Å². The van der Waals surface area contributed by atoms with E-state index in [1.807, 2.05) is 0 Å². The zero-order valence-corrected chi connectivity index (χ0v) is 12.5. The lowest BCUT2D eigenvalue weighted by Gasteiger charge is -2.06. The van der Waals surface area contributed by atoms with E-state index in [1.165, 1.54) is 18.4 Å². The van der Waals surface area contributed by atoms with E-state index in [4.69, 9.17) is 9.52 Å². The Morgan fingerprint density at radius 1 is 1.35 bits per heavy atom.